The zero-order valence-electron chi connectivity index (χ0n) is 14.7. The summed E-state index contributed by atoms with van der Waals surface area (Å²) < 4.78 is 32.5. The molecule has 0 saturated heterocycles. The van der Waals surface area contributed by atoms with Crippen molar-refractivity contribution >= 4 is 28.4 Å². The maximum atomic E-state index is 13.0. The SMILES string of the molecule is O=C(c1ccc2c(c1)c(-c1cccc(Cl)c1)nn2CC(F)F)N1CC=COC1. The second kappa shape index (κ2) is 7.59. The molecule has 1 amide bonds. The Labute approximate surface area is 164 Å². The van der Waals surface area contributed by atoms with Crippen LogP contribution in [0.15, 0.2) is 54.8 Å². The van der Waals surface area contributed by atoms with Crippen LogP contribution in [0.25, 0.3) is 22.2 Å². The molecule has 5 nitrogen and oxygen atoms in total. The minimum absolute atomic E-state index is 0.166. The van der Waals surface area contributed by atoms with Gasteiger partial charge in [-0.15, -0.1) is 0 Å². The van der Waals surface area contributed by atoms with E-state index in [-0.39, 0.29) is 12.6 Å². The van der Waals surface area contributed by atoms with Crippen LogP contribution in [0.3, 0.4) is 0 Å². The molecule has 0 aliphatic carbocycles. The maximum Gasteiger partial charge on any atom is 0.257 e. The largest absolute Gasteiger partial charge is 0.481 e. The van der Waals surface area contributed by atoms with Crippen molar-refractivity contribution in [2.75, 3.05) is 13.3 Å². The van der Waals surface area contributed by atoms with Gasteiger partial charge in [0.15, 0.2) is 6.73 Å². The van der Waals surface area contributed by atoms with Crippen LogP contribution >= 0.6 is 11.6 Å². The molecule has 0 fully saturated rings. The Morgan fingerprint density at radius 1 is 1.25 bits per heavy atom. The molecule has 0 radical (unpaired) electrons. The number of carbonyl (C=O) groups is 1. The van der Waals surface area contributed by atoms with E-state index < -0.39 is 13.0 Å². The Morgan fingerprint density at radius 2 is 2.11 bits per heavy atom. The molecule has 4 rings (SSSR count). The number of rotatable bonds is 4. The van der Waals surface area contributed by atoms with Crippen LogP contribution in [0.1, 0.15) is 10.4 Å². The first kappa shape index (κ1) is 18.4. The van der Waals surface area contributed by atoms with Crippen molar-refractivity contribution in [2.24, 2.45) is 0 Å². The number of amides is 1. The van der Waals surface area contributed by atoms with E-state index in [1.807, 2.05) is 0 Å². The van der Waals surface area contributed by atoms with Gasteiger partial charge in [0.05, 0.1) is 11.8 Å². The van der Waals surface area contributed by atoms with E-state index in [0.29, 0.717) is 39.3 Å². The summed E-state index contributed by atoms with van der Waals surface area (Å²) in [6, 6.07) is 12.0. The first-order valence-corrected chi connectivity index (χ1v) is 9.01. The summed E-state index contributed by atoms with van der Waals surface area (Å²) in [5.74, 6) is -0.204. The molecular weight excluding hydrogens is 388 g/mol. The van der Waals surface area contributed by atoms with Gasteiger partial charge >= 0.3 is 0 Å². The molecule has 0 spiro atoms. The summed E-state index contributed by atoms with van der Waals surface area (Å²) in [6.45, 7) is 0.0803. The van der Waals surface area contributed by atoms with Crippen LogP contribution in [-0.4, -0.2) is 40.3 Å². The van der Waals surface area contributed by atoms with Gasteiger partial charge in [0, 0.05) is 28.1 Å². The van der Waals surface area contributed by atoms with Crippen molar-refractivity contribution in [1.82, 2.24) is 14.7 Å². The lowest BCUT2D eigenvalue weighted by atomic mass is 10.0. The topological polar surface area (TPSA) is 47.4 Å². The third-order valence-electron chi connectivity index (χ3n) is 4.44. The van der Waals surface area contributed by atoms with Gasteiger partial charge in [0.2, 0.25) is 0 Å². The number of nitrogens with zero attached hydrogens (tertiary/aromatic N) is 3. The molecular formula is C20H16ClF2N3O2. The summed E-state index contributed by atoms with van der Waals surface area (Å²) in [5, 5.41) is 5.50. The predicted molar refractivity (Wildman–Crippen MR) is 102 cm³/mol. The Bertz CT molecular complexity index is 1060. The van der Waals surface area contributed by atoms with E-state index in [9.17, 15) is 13.6 Å². The van der Waals surface area contributed by atoms with Crippen molar-refractivity contribution < 1.29 is 18.3 Å². The molecule has 0 saturated carbocycles. The summed E-state index contributed by atoms with van der Waals surface area (Å²) in [5.41, 5.74) is 2.16. The number of hydrogen-bond donors (Lipinski definition) is 0. The molecule has 28 heavy (non-hydrogen) atoms. The fraction of sp³-hybridized carbons (Fsp3) is 0.200. The molecule has 8 heteroatoms. The van der Waals surface area contributed by atoms with Gasteiger partial charge in [-0.1, -0.05) is 23.7 Å². The highest BCUT2D eigenvalue weighted by atomic mass is 35.5. The number of fused-ring (bicyclic) bond motifs is 1. The standard InChI is InChI=1S/C20H16ClF2N3O2/c21-15-4-1-3-13(9-15)19-16-10-14(20(27)25-7-2-8-28-12-25)5-6-17(16)26(24-19)11-18(22)23/h1-6,8-10,18H,7,11-12H2. The molecule has 1 aromatic heterocycles. The van der Waals surface area contributed by atoms with Crippen LogP contribution < -0.4 is 0 Å². The number of aromatic nitrogens is 2. The van der Waals surface area contributed by atoms with Crippen molar-refractivity contribution in [2.45, 2.75) is 13.0 Å². The summed E-state index contributed by atoms with van der Waals surface area (Å²) in [7, 11) is 0. The number of alkyl halides is 2. The molecule has 0 unspecified atom stereocenters. The molecule has 1 aliphatic rings. The molecule has 0 bridgehead atoms. The lowest BCUT2D eigenvalue weighted by Gasteiger charge is -2.23. The van der Waals surface area contributed by atoms with Gasteiger partial charge in [-0.25, -0.2) is 8.78 Å². The van der Waals surface area contributed by atoms with Crippen molar-refractivity contribution in [3.8, 4) is 11.3 Å². The quantitative estimate of drug-likeness (QED) is 0.641. The van der Waals surface area contributed by atoms with E-state index in [0.717, 1.165) is 0 Å². The minimum Gasteiger partial charge on any atom is -0.481 e. The van der Waals surface area contributed by atoms with E-state index in [4.69, 9.17) is 16.3 Å². The number of halogens is 3. The van der Waals surface area contributed by atoms with Crippen molar-refractivity contribution in [3.63, 3.8) is 0 Å². The predicted octanol–water partition coefficient (Wildman–Crippen LogP) is 4.57. The lowest BCUT2D eigenvalue weighted by Crippen LogP contribution is -2.34. The van der Waals surface area contributed by atoms with Crippen LogP contribution in [0, 0.1) is 0 Å². The number of ether oxygens (including phenoxy) is 1. The zero-order valence-corrected chi connectivity index (χ0v) is 15.4. The van der Waals surface area contributed by atoms with E-state index in [1.165, 1.54) is 4.68 Å². The van der Waals surface area contributed by atoms with Gasteiger partial charge in [0.25, 0.3) is 12.3 Å². The number of benzene rings is 2. The summed E-state index contributed by atoms with van der Waals surface area (Å²) in [6.07, 6.45) is 0.755. The Hall–Kier alpha value is -2.93. The van der Waals surface area contributed by atoms with E-state index in [1.54, 1.807) is 59.7 Å². The minimum atomic E-state index is -2.55. The molecule has 0 atom stereocenters. The molecule has 1 aliphatic heterocycles. The fourth-order valence-electron chi connectivity index (χ4n) is 3.18. The third kappa shape index (κ3) is 3.57. The number of hydrogen-bond acceptors (Lipinski definition) is 3. The number of carbonyl (C=O) groups excluding carboxylic acids is 1. The monoisotopic (exact) mass is 403 g/mol. The Balaban J connectivity index is 1.82. The first-order chi connectivity index (χ1) is 13.5. The highest BCUT2D eigenvalue weighted by Gasteiger charge is 2.21. The van der Waals surface area contributed by atoms with Crippen molar-refractivity contribution in [3.05, 3.63) is 65.4 Å². The Kier molecular flexibility index (Phi) is 5.00. The van der Waals surface area contributed by atoms with Crippen LogP contribution in [0.2, 0.25) is 5.02 Å². The van der Waals surface area contributed by atoms with E-state index in [2.05, 4.69) is 5.10 Å². The van der Waals surface area contributed by atoms with Crippen LogP contribution in [0.4, 0.5) is 8.78 Å². The Morgan fingerprint density at radius 3 is 2.82 bits per heavy atom. The normalized spacial score (nSPS) is 13.9. The average molecular weight is 404 g/mol. The molecule has 3 aromatic rings. The second-order valence-electron chi connectivity index (χ2n) is 6.36. The smallest absolute Gasteiger partial charge is 0.257 e. The van der Waals surface area contributed by atoms with Crippen molar-refractivity contribution in [1.29, 1.82) is 0 Å². The summed E-state index contributed by atoms with van der Waals surface area (Å²) >= 11 is 6.08. The lowest BCUT2D eigenvalue weighted by molar-refractivity contribution is 0.0493. The molecule has 2 heterocycles. The van der Waals surface area contributed by atoms with Gasteiger partial charge in [-0.3, -0.25) is 9.48 Å². The van der Waals surface area contributed by atoms with Gasteiger partial charge < -0.3 is 9.64 Å². The van der Waals surface area contributed by atoms with Gasteiger partial charge in [0.1, 0.15) is 12.2 Å². The highest BCUT2D eigenvalue weighted by Crippen LogP contribution is 2.31. The van der Waals surface area contributed by atoms with Gasteiger partial charge in [-0.05, 0) is 36.4 Å². The van der Waals surface area contributed by atoms with E-state index >= 15 is 0 Å². The molecule has 0 N–H and O–H groups in total. The fourth-order valence-corrected chi connectivity index (χ4v) is 3.37. The molecule has 144 valence electrons. The second-order valence-corrected chi connectivity index (χ2v) is 6.80. The summed E-state index contributed by atoms with van der Waals surface area (Å²) in [4.78, 5) is 14.3. The maximum absolute atomic E-state index is 13.0. The van der Waals surface area contributed by atoms with Crippen LogP contribution in [-0.2, 0) is 11.3 Å². The highest BCUT2D eigenvalue weighted by molar-refractivity contribution is 6.30. The molecule has 2 aromatic carbocycles. The zero-order chi connectivity index (χ0) is 19.7. The first-order valence-electron chi connectivity index (χ1n) is 8.63. The average Bonchev–Trinajstić information content (AvgIpc) is 3.05. The van der Waals surface area contributed by atoms with Gasteiger partial charge in [-0.2, -0.15) is 5.10 Å². The van der Waals surface area contributed by atoms with Crippen LogP contribution in [0.5, 0.6) is 0 Å². The third-order valence-corrected chi connectivity index (χ3v) is 4.68.